The first kappa shape index (κ1) is 14.8. The van der Waals surface area contributed by atoms with Gasteiger partial charge in [-0.1, -0.05) is 23.7 Å². The number of rotatable bonds is 3. The zero-order valence-corrected chi connectivity index (χ0v) is 13.0. The molecule has 0 unspecified atom stereocenters. The van der Waals surface area contributed by atoms with Crippen molar-refractivity contribution in [1.82, 2.24) is 0 Å². The summed E-state index contributed by atoms with van der Waals surface area (Å²) in [6.45, 7) is 0. The summed E-state index contributed by atoms with van der Waals surface area (Å²) in [5.41, 5.74) is 0.660. The van der Waals surface area contributed by atoms with E-state index in [1.807, 2.05) is 0 Å². The summed E-state index contributed by atoms with van der Waals surface area (Å²) in [6, 6.07) is 11.1. The number of hydrogen-bond acceptors (Lipinski definition) is 2. The molecule has 0 radical (unpaired) electrons. The van der Waals surface area contributed by atoms with Gasteiger partial charge in [0.05, 0.1) is 16.3 Å². The molecule has 0 bridgehead atoms. The molecule has 0 saturated heterocycles. The maximum absolute atomic E-state index is 12.1. The van der Waals surface area contributed by atoms with Crippen LogP contribution in [0.2, 0.25) is 5.02 Å². The third kappa shape index (κ3) is 3.29. The molecule has 0 aliphatic carbocycles. The SMILES string of the molecule is O=C(Nc1ccccc1C(=O)O)c1ccc(I)c(Cl)c1. The minimum Gasteiger partial charge on any atom is -0.478 e. The second-order valence-corrected chi connectivity index (χ2v) is 5.50. The second-order valence-electron chi connectivity index (χ2n) is 3.93. The summed E-state index contributed by atoms with van der Waals surface area (Å²) in [5.74, 6) is -1.50. The van der Waals surface area contributed by atoms with Crippen LogP contribution in [0.1, 0.15) is 20.7 Å². The lowest BCUT2D eigenvalue weighted by Crippen LogP contribution is -2.14. The molecular formula is C14H9ClINO3. The van der Waals surface area contributed by atoms with Gasteiger partial charge in [0.1, 0.15) is 0 Å². The largest absolute Gasteiger partial charge is 0.478 e. The molecule has 6 heteroatoms. The van der Waals surface area contributed by atoms with Gasteiger partial charge in [-0.05, 0) is 52.9 Å². The van der Waals surface area contributed by atoms with Crippen LogP contribution < -0.4 is 5.32 Å². The summed E-state index contributed by atoms with van der Waals surface area (Å²) in [7, 11) is 0. The lowest BCUT2D eigenvalue weighted by molar-refractivity contribution is 0.0698. The molecule has 0 fully saturated rings. The molecule has 20 heavy (non-hydrogen) atoms. The minimum atomic E-state index is -1.10. The zero-order valence-electron chi connectivity index (χ0n) is 10.1. The number of anilines is 1. The van der Waals surface area contributed by atoms with Crippen LogP contribution in [0.3, 0.4) is 0 Å². The Morgan fingerprint density at radius 3 is 2.50 bits per heavy atom. The average molecular weight is 402 g/mol. The average Bonchev–Trinajstić information content (AvgIpc) is 2.42. The van der Waals surface area contributed by atoms with Crippen LogP contribution in [0.5, 0.6) is 0 Å². The molecular weight excluding hydrogens is 393 g/mol. The van der Waals surface area contributed by atoms with Crippen LogP contribution in [-0.2, 0) is 0 Å². The summed E-state index contributed by atoms with van der Waals surface area (Å²) < 4.78 is 0.840. The fourth-order valence-corrected chi connectivity index (χ4v) is 2.13. The number of amides is 1. The smallest absolute Gasteiger partial charge is 0.337 e. The summed E-state index contributed by atoms with van der Waals surface area (Å²) in [6.07, 6.45) is 0. The molecule has 2 aromatic carbocycles. The Morgan fingerprint density at radius 1 is 1.15 bits per heavy atom. The van der Waals surface area contributed by atoms with E-state index in [1.165, 1.54) is 12.1 Å². The van der Waals surface area contributed by atoms with Crippen molar-refractivity contribution in [3.8, 4) is 0 Å². The van der Waals surface area contributed by atoms with Gasteiger partial charge in [-0.25, -0.2) is 4.79 Å². The Morgan fingerprint density at radius 2 is 1.85 bits per heavy atom. The van der Waals surface area contributed by atoms with Gasteiger partial charge in [-0.2, -0.15) is 0 Å². The normalized spacial score (nSPS) is 10.1. The Hall–Kier alpha value is -1.60. The first-order valence-corrected chi connectivity index (χ1v) is 7.03. The molecule has 2 N–H and O–H groups in total. The molecule has 102 valence electrons. The fourth-order valence-electron chi connectivity index (χ4n) is 1.61. The van der Waals surface area contributed by atoms with Crippen LogP contribution in [0, 0.1) is 3.57 Å². The summed E-state index contributed by atoms with van der Waals surface area (Å²) >= 11 is 8.02. The number of hydrogen-bond donors (Lipinski definition) is 2. The third-order valence-corrected chi connectivity index (χ3v) is 4.16. The molecule has 2 aromatic rings. The molecule has 1 amide bonds. The summed E-state index contributed by atoms with van der Waals surface area (Å²) in [4.78, 5) is 23.2. The number of para-hydroxylation sites is 1. The Balaban J connectivity index is 2.28. The fraction of sp³-hybridized carbons (Fsp3) is 0. The van der Waals surface area contributed by atoms with Crippen LogP contribution in [0.4, 0.5) is 5.69 Å². The van der Waals surface area contributed by atoms with Gasteiger partial charge in [-0.3, -0.25) is 4.79 Å². The maximum Gasteiger partial charge on any atom is 0.337 e. The molecule has 2 rings (SSSR count). The second kappa shape index (κ2) is 6.23. The molecule has 0 aliphatic rings. The van der Waals surface area contributed by atoms with Crippen molar-refractivity contribution in [1.29, 1.82) is 0 Å². The summed E-state index contributed by atoms with van der Waals surface area (Å²) in [5, 5.41) is 12.1. The van der Waals surface area contributed by atoms with Crippen LogP contribution in [0.25, 0.3) is 0 Å². The predicted octanol–water partition coefficient (Wildman–Crippen LogP) is 3.90. The Labute approximate surface area is 133 Å². The monoisotopic (exact) mass is 401 g/mol. The number of halogens is 2. The van der Waals surface area contributed by atoms with Crippen molar-refractivity contribution in [2.75, 3.05) is 5.32 Å². The Bertz CT molecular complexity index is 688. The number of nitrogens with one attached hydrogen (secondary N) is 1. The van der Waals surface area contributed by atoms with E-state index in [2.05, 4.69) is 27.9 Å². The highest BCUT2D eigenvalue weighted by Gasteiger charge is 2.13. The van der Waals surface area contributed by atoms with Gasteiger partial charge in [0.25, 0.3) is 5.91 Å². The lowest BCUT2D eigenvalue weighted by atomic mass is 10.1. The number of aromatic carboxylic acids is 1. The molecule has 0 spiro atoms. The van der Waals surface area contributed by atoms with Gasteiger partial charge < -0.3 is 10.4 Å². The van der Waals surface area contributed by atoms with Gasteiger partial charge in [-0.15, -0.1) is 0 Å². The van der Waals surface area contributed by atoms with Crippen molar-refractivity contribution in [3.05, 3.63) is 62.2 Å². The van der Waals surface area contributed by atoms with E-state index in [0.29, 0.717) is 10.6 Å². The number of carbonyl (C=O) groups excluding carboxylic acids is 1. The van der Waals surface area contributed by atoms with E-state index in [-0.39, 0.29) is 11.3 Å². The van der Waals surface area contributed by atoms with Crippen molar-refractivity contribution in [3.63, 3.8) is 0 Å². The Kier molecular flexibility index (Phi) is 4.61. The number of carbonyl (C=O) groups is 2. The standard InChI is InChI=1S/C14H9ClINO3/c15-10-7-8(5-6-11(10)16)13(18)17-12-4-2-1-3-9(12)14(19)20/h1-7H,(H,17,18)(H,19,20). The van der Waals surface area contributed by atoms with E-state index in [4.69, 9.17) is 16.7 Å². The van der Waals surface area contributed by atoms with Crippen LogP contribution in [0.15, 0.2) is 42.5 Å². The molecule has 0 atom stereocenters. The molecule has 0 aromatic heterocycles. The van der Waals surface area contributed by atoms with Crippen molar-refractivity contribution in [2.24, 2.45) is 0 Å². The van der Waals surface area contributed by atoms with Gasteiger partial charge in [0, 0.05) is 9.13 Å². The quantitative estimate of drug-likeness (QED) is 0.767. The van der Waals surface area contributed by atoms with E-state index in [0.717, 1.165) is 3.57 Å². The van der Waals surface area contributed by atoms with E-state index in [1.54, 1.807) is 30.3 Å². The molecule has 0 saturated carbocycles. The minimum absolute atomic E-state index is 0.0393. The molecule has 0 aliphatic heterocycles. The van der Waals surface area contributed by atoms with Gasteiger partial charge in [0.15, 0.2) is 0 Å². The zero-order chi connectivity index (χ0) is 14.7. The van der Waals surface area contributed by atoms with Crippen molar-refractivity contribution in [2.45, 2.75) is 0 Å². The highest BCUT2D eigenvalue weighted by Crippen LogP contribution is 2.21. The van der Waals surface area contributed by atoms with E-state index in [9.17, 15) is 9.59 Å². The van der Waals surface area contributed by atoms with Crippen molar-refractivity contribution >= 4 is 51.8 Å². The van der Waals surface area contributed by atoms with Crippen molar-refractivity contribution < 1.29 is 14.7 Å². The van der Waals surface area contributed by atoms with E-state index < -0.39 is 11.9 Å². The highest BCUT2D eigenvalue weighted by atomic mass is 127. The first-order chi connectivity index (χ1) is 9.49. The number of carboxylic acids is 1. The van der Waals surface area contributed by atoms with Gasteiger partial charge >= 0.3 is 5.97 Å². The topological polar surface area (TPSA) is 66.4 Å². The molecule has 4 nitrogen and oxygen atoms in total. The van der Waals surface area contributed by atoms with Crippen LogP contribution in [-0.4, -0.2) is 17.0 Å². The number of benzene rings is 2. The highest BCUT2D eigenvalue weighted by molar-refractivity contribution is 14.1. The maximum atomic E-state index is 12.1. The first-order valence-electron chi connectivity index (χ1n) is 5.58. The molecule has 0 heterocycles. The number of carboxylic acid groups (broad SMARTS) is 1. The third-order valence-electron chi connectivity index (χ3n) is 2.59. The van der Waals surface area contributed by atoms with Gasteiger partial charge in [0.2, 0.25) is 0 Å². The predicted molar refractivity (Wildman–Crippen MR) is 85.5 cm³/mol. The lowest BCUT2D eigenvalue weighted by Gasteiger charge is -2.08. The van der Waals surface area contributed by atoms with E-state index >= 15 is 0 Å². The van der Waals surface area contributed by atoms with Crippen LogP contribution >= 0.6 is 34.2 Å².